The van der Waals surface area contributed by atoms with Crippen LogP contribution in [0.5, 0.6) is 0 Å². The molecule has 0 amide bonds. The van der Waals surface area contributed by atoms with Crippen LogP contribution < -0.4 is 10.5 Å². The fourth-order valence-electron chi connectivity index (χ4n) is 1.50. The summed E-state index contributed by atoms with van der Waals surface area (Å²) in [5.41, 5.74) is 6.63. The Morgan fingerprint density at radius 1 is 1.50 bits per heavy atom. The number of nitrogens with two attached hydrogens (primary N) is 1. The third kappa shape index (κ3) is 3.34. The quantitative estimate of drug-likeness (QED) is 0.715. The monoisotopic (exact) mass is 330 g/mol. The molecule has 0 radical (unpaired) electrons. The molecule has 0 spiro atoms. The lowest BCUT2D eigenvalue weighted by Gasteiger charge is -2.08. The summed E-state index contributed by atoms with van der Waals surface area (Å²) >= 11 is 10.8. The van der Waals surface area contributed by atoms with E-state index in [0.717, 1.165) is 5.56 Å². The molecule has 2 aromatic rings. The van der Waals surface area contributed by atoms with Crippen molar-refractivity contribution in [3.8, 4) is 0 Å². The van der Waals surface area contributed by atoms with Crippen LogP contribution in [-0.2, 0) is 16.6 Å². The number of aromatic nitrogens is 2. The van der Waals surface area contributed by atoms with Gasteiger partial charge in [-0.15, -0.1) is 0 Å². The number of nitrogens with one attached hydrogen (secondary N) is 2. The minimum Gasteiger partial charge on any atom is -0.389 e. The van der Waals surface area contributed by atoms with Crippen molar-refractivity contribution in [3.05, 3.63) is 46.7 Å². The van der Waals surface area contributed by atoms with E-state index in [1.54, 1.807) is 6.20 Å². The zero-order valence-corrected chi connectivity index (χ0v) is 12.5. The summed E-state index contributed by atoms with van der Waals surface area (Å²) in [5.74, 6) is 0. The van der Waals surface area contributed by atoms with Gasteiger partial charge in [0.05, 0.1) is 16.1 Å². The molecule has 9 heteroatoms. The second-order valence-corrected chi connectivity index (χ2v) is 6.55. The van der Waals surface area contributed by atoms with Gasteiger partial charge < -0.3 is 5.73 Å². The van der Waals surface area contributed by atoms with E-state index >= 15 is 0 Å². The fourth-order valence-corrected chi connectivity index (χ4v) is 3.12. The highest BCUT2D eigenvalue weighted by molar-refractivity contribution is 7.89. The third-order valence-corrected chi connectivity index (χ3v) is 4.47. The molecular weight excluding hydrogens is 320 g/mol. The van der Waals surface area contributed by atoms with Gasteiger partial charge in [0.1, 0.15) is 4.99 Å². The van der Waals surface area contributed by atoms with Crippen molar-refractivity contribution in [1.29, 1.82) is 0 Å². The van der Waals surface area contributed by atoms with Crippen LogP contribution in [0.4, 0.5) is 0 Å². The number of sulfonamides is 1. The lowest BCUT2D eigenvalue weighted by atomic mass is 10.2. The standard InChI is InChI=1S/C11H11ClN4O2S2/c12-10-3-8(1-2-9(10)11(13)19)20(17,18)16-6-7-4-14-15-5-7/h1-5,16H,6H2,(H2,13,19)(H,14,15). The average molecular weight is 331 g/mol. The molecule has 0 aliphatic rings. The SMILES string of the molecule is NC(=S)c1ccc(S(=O)(=O)NCc2cn[nH]c2)cc1Cl. The van der Waals surface area contributed by atoms with E-state index in [0.29, 0.717) is 5.56 Å². The lowest BCUT2D eigenvalue weighted by molar-refractivity contribution is 0.581. The first-order chi connectivity index (χ1) is 9.40. The van der Waals surface area contributed by atoms with E-state index in [4.69, 9.17) is 29.6 Å². The van der Waals surface area contributed by atoms with E-state index in [-0.39, 0.29) is 21.5 Å². The number of halogens is 1. The molecule has 0 saturated carbocycles. The van der Waals surface area contributed by atoms with Gasteiger partial charge in [-0.05, 0) is 18.2 Å². The van der Waals surface area contributed by atoms with Crippen molar-refractivity contribution in [2.75, 3.05) is 0 Å². The second-order valence-electron chi connectivity index (χ2n) is 3.94. The molecule has 0 atom stereocenters. The van der Waals surface area contributed by atoms with Gasteiger partial charge in [-0.3, -0.25) is 5.10 Å². The Morgan fingerprint density at radius 2 is 2.25 bits per heavy atom. The predicted octanol–water partition coefficient (Wildman–Crippen LogP) is 1.18. The number of H-pyrrole nitrogens is 1. The van der Waals surface area contributed by atoms with Gasteiger partial charge in [-0.2, -0.15) is 5.10 Å². The van der Waals surface area contributed by atoms with Crippen molar-refractivity contribution in [1.82, 2.24) is 14.9 Å². The number of hydrogen-bond acceptors (Lipinski definition) is 4. The summed E-state index contributed by atoms with van der Waals surface area (Å²) in [6, 6.07) is 4.20. The molecule has 20 heavy (non-hydrogen) atoms. The first-order valence-electron chi connectivity index (χ1n) is 5.47. The molecule has 1 aromatic heterocycles. The van der Waals surface area contributed by atoms with Crippen molar-refractivity contribution in [2.24, 2.45) is 5.73 Å². The Hall–Kier alpha value is -1.48. The van der Waals surface area contributed by atoms with Crippen molar-refractivity contribution < 1.29 is 8.42 Å². The predicted molar refractivity (Wildman–Crippen MR) is 80.0 cm³/mol. The van der Waals surface area contributed by atoms with Crippen LogP contribution in [0.1, 0.15) is 11.1 Å². The van der Waals surface area contributed by atoms with Gasteiger partial charge in [0, 0.05) is 23.9 Å². The van der Waals surface area contributed by atoms with E-state index in [9.17, 15) is 8.42 Å². The summed E-state index contributed by atoms with van der Waals surface area (Å²) in [6.45, 7) is 0.132. The molecule has 0 bridgehead atoms. The Bertz CT molecular complexity index is 729. The largest absolute Gasteiger partial charge is 0.389 e. The van der Waals surface area contributed by atoms with Gasteiger partial charge in [0.2, 0.25) is 10.0 Å². The lowest BCUT2D eigenvalue weighted by Crippen LogP contribution is -2.23. The topological polar surface area (TPSA) is 101 Å². The number of rotatable bonds is 5. The number of benzene rings is 1. The van der Waals surface area contributed by atoms with Gasteiger partial charge in [-0.1, -0.05) is 23.8 Å². The summed E-state index contributed by atoms with van der Waals surface area (Å²) in [6.07, 6.45) is 3.14. The van der Waals surface area contributed by atoms with E-state index in [2.05, 4.69) is 14.9 Å². The first kappa shape index (κ1) is 14.9. The van der Waals surface area contributed by atoms with Gasteiger partial charge in [-0.25, -0.2) is 13.1 Å². The highest BCUT2D eigenvalue weighted by Crippen LogP contribution is 2.21. The van der Waals surface area contributed by atoms with Gasteiger partial charge in [0.15, 0.2) is 0 Å². The Kier molecular flexibility index (Phi) is 4.39. The molecule has 0 aliphatic heterocycles. The van der Waals surface area contributed by atoms with Crippen LogP contribution in [0.15, 0.2) is 35.5 Å². The minimum absolute atomic E-state index is 0.0472. The van der Waals surface area contributed by atoms with Crippen LogP contribution in [0.25, 0.3) is 0 Å². The molecule has 2 rings (SSSR count). The maximum atomic E-state index is 12.1. The summed E-state index contributed by atoms with van der Waals surface area (Å²) in [5, 5.41) is 6.53. The fraction of sp³-hybridized carbons (Fsp3) is 0.0909. The zero-order valence-electron chi connectivity index (χ0n) is 10.1. The molecule has 6 nitrogen and oxygen atoms in total. The zero-order chi connectivity index (χ0) is 14.8. The van der Waals surface area contributed by atoms with Crippen LogP contribution in [-0.4, -0.2) is 23.6 Å². The molecule has 0 unspecified atom stereocenters. The van der Waals surface area contributed by atoms with E-state index < -0.39 is 10.0 Å². The van der Waals surface area contributed by atoms with E-state index in [1.165, 1.54) is 24.4 Å². The van der Waals surface area contributed by atoms with Crippen molar-refractivity contribution in [2.45, 2.75) is 11.4 Å². The number of nitrogens with zero attached hydrogens (tertiary/aromatic N) is 1. The summed E-state index contributed by atoms with van der Waals surface area (Å²) in [7, 11) is -3.66. The van der Waals surface area contributed by atoms with Crippen LogP contribution >= 0.6 is 23.8 Å². The number of hydrogen-bond donors (Lipinski definition) is 3. The smallest absolute Gasteiger partial charge is 0.240 e. The summed E-state index contributed by atoms with van der Waals surface area (Å²) in [4.78, 5) is 0.163. The Balaban J connectivity index is 2.21. The van der Waals surface area contributed by atoms with Gasteiger partial charge >= 0.3 is 0 Å². The molecule has 0 fully saturated rings. The number of aromatic amines is 1. The minimum atomic E-state index is -3.66. The maximum absolute atomic E-state index is 12.1. The average Bonchev–Trinajstić information content (AvgIpc) is 2.89. The normalized spacial score (nSPS) is 11.4. The molecule has 106 valence electrons. The van der Waals surface area contributed by atoms with Crippen LogP contribution in [0.3, 0.4) is 0 Å². The van der Waals surface area contributed by atoms with Crippen molar-refractivity contribution >= 4 is 38.8 Å². The highest BCUT2D eigenvalue weighted by Gasteiger charge is 2.16. The molecule has 4 N–H and O–H groups in total. The highest BCUT2D eigenvalue weighted by atomic mass is 35.5. The van der Waals surface area contributed by atoms with Crippen LogP contribution in [0, 0.1) is 0 Å². The van der Waals surface area contributed by atoms with Gasteiger partial charge in [0.25, 0.3) is 0 Å². The van der Waals surface area contributed by atoms with E-state index in [1.807, 2.05) is 0 Å². The molecule has 0 aliphatic carbocycles. The molecule has 1 heterocycles. The maximum Gasteiger partial charge on any atom is 0.240 e. The Morgan fingerprint density at radius 3 is 2.80 bits per heavy atom. The number of thiocarbonyl (C=S) groups is 1. The summed E-state index contributed by atoms with van der Waals surface area (Å²) < 4.78 is 26.6. The Labute approximate surface area is 126 Å². The van der Waals surface area contributed by atoms with Crippen LogP contribution in [0.2, 0.25) is 5.02 Å². The molecule has 1 aromatic carbocycles. The first-order valence-corrected chi connectivity index (χ1v) is 7.74. The second kappa shape index (κ2) is 5.88. The molecular formula is C11H11ClN4O2S2. The third-order valence-electron chi connectivity index (χ3n) is 2.54. The molecule has 0 saturated heterocycles. The van der Waals surface area contributed by atoms with Crippen molar-refractivity contribution in [3.63, 3.8) is 0 Å².